The summed E-state index contributed by atoms with van der Waals surface area (Å²) in [5, 5.41) is 9.79. The van der Waals surface area contributed by atoms with Crippen LogP contribution in [0, 0.1) is 35.0 Å². The van der Waals surface area contributed by atoms with Crippen LogP contribution in [0.3, 0.4) is 0 Å². The van der Waals surface area contributed by atoms with E-state index in [0.29, 0.717) is 35.7 Å². The van der Waals surface area contributed by atoms with E-state index >= 15 is 0 Å². The molecule has 0 bridgehead atoms. The third kappa shape index (κ3) is 3.88. The highest BCUT2D eigenvalue weighted by Gasteiger charge is 2.45. The molecule has 6 atom stereocenters. The van der Waals surface area contributed by atoms with E-state index in [1.807, 2.05) is 0 Å². The van der Waals surface area contributed by atoms with Crippen LogP contribution in [0.5, 0.6) is 0 Å². The Kier molecular flexibility index (Phi) is 6.17. The Morgan fingerprint density at radius 2 is 1.92 bits per heavy atom. The van der Waals surface area contributed by atoms with E-state index < -0.39 is 0 Å². The molecule has 0 saturated heterocycles. The predicted octanol–water partition coefficient (Wildman–Crippen LogP) is 6.70. The molecular formula is C25H40O. The van der Waals surface area contributed by atoms with Gasteiger partial charge in [-0.25, -0.2) is 0 Å². The van der Waals surface area contributed by atoms with Crippen molar-refractivity contribution in [2.75, 3.05) is 6.61 Å². The molecule has 3 aliphatic carbocycles. The van der Waals surface area contributed by atoms with E-state index in [1.165, 1.54) is 44.1 Å². The van der Waals surface area contributed by atoms with E-state index in [-0.39, 0.29) is 0 Å². The first-order valence-electron chi connectivity index (χ1n) is 11.0. The third-order valence-corrected chi connectivity index (χ3v) is 8.16. The van der Waals surface area contributed by atoms with Crippen molar-refractivity contribution in [3.05, 3.63) is 34.9 Å². The highest BCUT2D eigenvalue weighted by molar-refractivity contribution is 5.27. The molecule has 0 heterocycles. The van der Waals surface area contributed by atoms with Crippen LogP contribution in [0.2, 0.25) is 0 Å². The van der Waals surface area contributed by atoms with Crippen LogP contribution >= 0.6 is 0 Å². The molecule has 2 saturated carbocycles. The SMILES string of the molecule is C/C1=C/C[C@@H]2[C@H]([C@H](C)CO)CC[C@@]2(C)C/C=C(\C)C/C=C2\[C@@H](C)CC[C@@H]12. The van der Waals surface area contributed by atoms with Crippen LogP contribution in [-0.2, 0) is 0 Å². The fraction of sp³-hybridized carbons (Fsp3) is 0.760. The monoisotopic (exact) mass is 356 g/mol. The van der Waals surface area contributed by atoms with Gasteiger partial charge < -0.3 is 5.11 Å². The highest BCUT2D eigenvalue weighted by Crippen LogP contribution is 2.54. The van der Waals surface area contributed by atoms with Gasteiger partial charge in [0.1, 0.15) is 0 Å². The van der Waals surface area contributed by atoms with Crippen molar-refractivity contribution in [2.24, 2.45) is 35.0 Å². The van der Waals surface area contributed by atoms with Crippen molar-refractivity contribution < 1.29 is 5.11 Å². The molecule has 1 heteroatoms. The number of hydrogen-bond donors (Lipinski definition) is 1. The minimum Gasteiger partial charge on any atom is -0.396 e. The average Bonchev–Trinajstić information content (AvgIpc) is 3.15. The van der Waals surface area contributed by atoms with Gasteiger partial charge in [-0.05, 0) is 87.9 Å². The number of rotatable bonds is 2. The molecule has 1 N–H and O–H groups in total. The topological polar surface area (TPSA) is 20.2 Å². The lowest BCUT2D eigenvalue weighted by molar-refractivity contribution is 0.122. The van der Waals surface area contributed by atoms with Gasteiger partial charge in [-0.1, -0.05) is 55.7 Å². The predicted molar refractivity (Wildman–Crippen MR) is 112 cm³/mol. The van der Waals surface area contributed by atoms with E-state index in [1.54, 1.807) is 11.1 Å². The van der Waals surface area contributed by atoms with Gasteiger partial charge in [-0.2, -0.15) is 0 Å². The molecule has 0 aromatic carbocycles. The Hall–Kier alpha value is -0.820. The fourth-order valence-electron chi connectivity index (χ4n) is 6.08. The number of hydrogen-bond acceptors (Lipinski definition) is 1. The number of aliphatic hydroxyl groups is 1. The summed E-state index contributed by atoms with van der Waals surface area (Å²) in [7, 11) is 0. The van der Waals surface area contributed by atoms with Crippen LogP contribution < -0.4 is 0 Å². The number of fused-ring (bicyclic) bond motifs is 2. The zero-order valence-electron chi connectivity index (χ0n) is 17.7. The lowest BCUT2D eigenvalue weighted by Crippen LogP contribution is -2.29. The van der Waals surface area contributed by atoms with Crippen LogP contribution in [0.4, 0.5) is 0 Å². The highest BCUT2D eigenvalue weighted by atomic mass is 16.3. The minimum atomic E-state index is 0.335. The molecule has 0 unspecified atom stereocenters. The molecule has 1 nitrogen and oxygen atoms in total. The summed E-state index contributed by atoms with van der Waals surface area (Å²) in [5.74, 6) is 3.23. The molecule has 2 fully saturated rings. The first-order valence-corrected chi connectivity index (χ1v) is 11.0. The number of allylic oxidation sites excluding steroid dienone is 6. The summed E-state index contributed by atoms with van der Waals surface area (Å²) in [6.07, 6.45) is 16.5. The van der Waals surface area contributed by atoms with Gasteiger partial charge in [0, 0.05) is 12.5 Å². The fourth-order valence-corrected chi connectivity index (χ4v) is 6.08. The summed E-state index contributed by atoms with van der Waals surface area (Å²) in [4.78, 5) is 0. The molecule has 26 heavy (non-hydrogen) atoms. The Balaban J connectivity index is 1.94. The second-order valence-corrected chi connectivity index (χ2v) is 10.0. The molecule has 0 spiro atoms. The van der Waals surface area contributed by atoms with Crippen LogP contribution in [0.25, 0.3) is 0 Å². The molecule has 3 rings (SSSR count). The van der Waals surface area contributed by atoms with E-state index in [2.05, 4.69) is 52.8 Å². The second kappa shape index (κ2) is 8.05. The van der Waals surface area contributed by atoms with E-state index in [4.69, 9.17) is 0 Å². The van der Waals surface area contributed by atoms with E-state index in [0.717, 1.165) is 12.3 Å². The normalized spacial score (nSPS) is 45.7. The van der Waals surface area contributed by atoms with Crippen molar-refractivity contribution in [1.29, 1.82) is 0 Å². The summed E-state index contributed by atoms with van der Waals surface area (Å²) in [6, 6.07) is 0. The zero-order valence-corrected chi connectivity index (χ0v) is 17.7. The van der Waals surface area contributed by atoms with Gasteiger partial charge in [0.25, 0.3) is 0 Å². The van der Waals surface area contributed by atoms with Gasteiger partial charge in [-0.3, -0.25) is 0 Å². The molecule has 0 aliphatic heterocycles. The van der Waals surface area contributed by atoms with Crippen molar-refractivity contribution in [3.8, 4) is 0 Å². The Morgan fingerprint density at radius 3 is 2.65 bits per heavy atom. The maximum atomic E-state index is 9.79. The standard InChI is InChI=1S/C25H40O/c1-17-6-9-21-18(2)7-10-22(21)19(3)8-11-24-23(20(4)16-26)13-15-25(24,5)14-12-17/h8-9,12,18,20,22-24,26H,6-7,10-11,13-16H2,1-5H3/b17-12+,19-8-,21-9+/t18-,20+,22-,23-,24+,25+/m0/s1. The van der Waals surface area contributed by atoms with Crippen LogP contribution in [0.1, 0.15) is 79.6 Å². The molecule has 3 aliphatic rings. The van der Waals surface area contributed by atoms with Crippen molar-refractivity contribution in [2.45, 2.75) is 79.6 Å². The van der Waals surface area contributed by atoms with E-state index in [9.17, 15) is 5.11 Å². The van der Waals surface area contributed by atoms with Crippen molar-refractivity contribution >= 4 is 0 Å². The second-order valence-electron chi connectivity index (χ2n) is 10.0. The maximum absolute atomic E-state index is 9.79. The Labute approximate surface area is 161 Å². The Bertz CT molecular complexity index is 595. The smallest absolute Gasteiger partial charge is 0.0459 e. The Morgan fingerprint density at radius 1 is 1.15 bits per heavy atom. The van der Waals surface area contributed by atoms with Gasteiger partial charge in [-0.15, -0.1) is 0 Å². The first-order chi connectivity index (χ1) is 12.4. The average molecular weight is 357 g/mol. The summed E-state index contributed by atoms with van der Waals surface area (Å²) in [5.41, 5.74) is 5.23. The molecule has 146 valence electrons. The van der Waals surface area contributed by atoms with Crippen LogP contribution in [-0.4, -0.2) is 11.7 Å². The quantitative estimate of drug-likeness (QED) is 0.546. The number of aliphatic hydroxyl groups excluding tert-OH is 1. The lowest BCUT2D eigenvalue weighted by atomic mass is 9.69. The summed E-state index contributed by atoms with van der Waals surface area (Å²) >= 11 is 0. The zero-order chi connectivity index (χ0) is 18.9. The first kappa shape index (κ1) is 19.9. The third-order valence-electron chi connectivity index (χ3n) is 8.16. The van der Waals surface area contributed by atoms with Gasteiger partial charge in [0.15, 0.2) is 0 Å². The molecule has 0 aromatic heterocycles. The summed E-state index contributed by atoms with van der Waals surface area (Å²) < 4.78 is 0. The summed E-state index contributed by atoms with van der Waals surface area (Å²) in [6.45, 7) is 12.2. The molecular weight excluding hydrogens is 316 g/mol. The van der Waals surface area contributed by atoms with Gasteiger partial charge in [0.2, 0.25) is 0 Å². The van der Waals surface area contributed by atoms with Gasteiger partial charge in [0.05, 0.1) is 0 Å². The molecule has 0 aromatic rings. The largest absolute Gasteiger partial charge is 0.396 e. The lowest BCUT2D eigenvalue weighted by Gasteiger charge is -2.35. The van der Waals surface area contributed by atoms with Crippen LogP contribution in [0.15, 0.2) is 34.9 Å². The van der Waals surface area contributed by atoms with Crippen molar-refractivity contribution in [1.82, 2.24) is 0 Å². The van der Waals surface area contributed by atoms with Gasteiger partial charge >= 0.3 is 0 Å². The van der Waals surface area contributed by atoms with Crippen molar-refractivity contribution in [3.63, 3.8) is 0 Å². The minimum absolute atomic E-state index is 0.335. The maximum Gasteiger partial charge on any atom is 0.0459 e. The molecule has 0 radical (unpaired) electrons. The molecule has 0 amide bonds.